The molecule has 106 valence electrons. The maximum Gasteiger partial charge on any atom is 0.280 e. The fourth-order valence-electron chi connectivity index (χ4n) is 2.18. The predicted molar refractivity (Wildman–Crippen MR) is 79.2 cm³/mol. The van der Waals surface area contributed by atoms with Crippen LogP contribution in [-0.4, -0.2) is 19.7 Å². The van der Waals surface area contributed by atoms with Gasteiger partial charge in [-0.2, -0.15) is 5.10 Å². The maximum absolute atomic E-state index is 11.2. The fourth-order valence-corrected chi connectivity index (χ4v) is 2.59. The number of benzene rings is 1. The summed E-state index contributed by atoms with van der Waals surface area (Å²) in [5.74, 6) is 0.493. The standard InChI is InChI=1S/C13H16N4O2S/c1-8-6-5-7-9(17(18)19)10(8)11-14-15-12(20)16(11)13(2,3)4/h5-7H,1-4H3,(H,15,20). The molecule has 7 heteroatoms. The van der Waals surface area contributed by atoms with Gasteiger partial charge < -0.3 is 0 Å². The highest BCUT2D eigenvalue weighted by molar-refractivity contribution is 7.71. The highest BCUT2D eigenvalue weighted by Crippen LogP contribution is 2.34. The van der Waals surface area contributed by atoms with Crippen LogP contribution in [0.4, 0.5) is 5.69 Å². The number of rotatable bonds is 2. The van der Waals surface area contributed by atoms with Crippen LogP contribution in [0, 0.1) is 21.8 Å². The molecular formula is C13H16N4O2S. The second-order valence-electron chi connectivity index (χ2n) is 5.58. The zero-order chi connectivity index (χ0) is 15.1. The van der Waals surface area contributed by atoms with Crippen molar-refractivity contribution in [3.05, 3.63) is 38.6 Å². The number of hydrogen-bond acceptors (Lipinski definition) is 4. The van der Waals surface area contributed by atoms with E-state index in [9.17, 15) is 10.1 Å². The van der Waals surface area contributed by atoms with Gasteiger partial charge in [-0.05, 0) is 45.5 Å². The van der Waals surface area contributed by atoms with E-state index in [2.05, 4.69) is 10.2 Å². The van der Waals surface area contributed by atoms with E-state index >= 15 is 0 Å². The molecular weight excluding hydrogens is 276 g/mol. The molecule has 0 unspecified atom stereocenters. The SMILES string of the molecule is Cc1cccc([N+](=O)[O-])c1-c1n[nH]c(=S)n1C(C)(C)C. The van der Waals surface area contributed by atoms with Crippen LogP contribution >= 0.6 is 12.2 Å². The monoisotopic (exact) mass is 292 g/mol. The normalized spacial score (nSPS) is 11.6. The van der Waals surface area contributed by atoms with Crippen molar-refractivity contribution < 1.29 is 4.92 Å². The molecule has 0 atom stereocenters. The number of nitrogens with zero attached hydrogens (tertiary/aromatic N) is 3. The van der Waals surface area contributed by atoms with Gasteiger partial charge in [0.1, 0.15) is 0 Å². The minimum absolute atomic E-state index is 0.0319. The molecule has 1 aromatic carbocycles. The Bertz CT molecular complexity index is 725. The van der Waals surface area contributed by atoms with E-state index in [-0.39, 0.29) is 11.2 Å². The van der Waals surface area contributed by atoms with Crippen LogP contribution in [0.2, 0.25) is 0 Å². The molecule has 0 radical (unpaired) electrons. The molecule has 2 rings (SSSR count). The van der Waals surface area contributed by atoms with Crippen LogP contribution in [0.1, 0.15) is 26.3 Å². The van der Waals surface area contributed by atoms with Gasteiger partial charge in [-0.3, -0.25) is 19.8 Å². The lowest BCUT2D eigenvalue weighted by molar-refractivity contribution is -0.384. The summed E-state index contributed by atoms with van der Waals surface area (Å²) in [4.78, 5) is 10.9. The van der Waals surface area contributed by atoms with Crippen LogP contribution in [0.25, 0.3) is 11.4 Å². The number of nitro groups is 1. The third-order valence-corrected chi connectivity index (χ3v) is 3.29. The molecule has 20 heavy (non-hydrogen) atoms. The quantitative estimate of drug-likeness (QED) is 0.521. The van der Waals surface area contributed by atoms with Crippen molar-refractivity contribution in [2.45, 2.75) is 33.2 Å². The Morgan fingerprint density at radius 3 is 2.60 bits per heavy atom. The van der Waals surface area contributed by atoms with E-state index in [1.54, 1.807) is 10.6 Å². The van der Waals surface area contributed by atoms with Crippen LogP contribution in [-0.2, 0) is 5.54 Å². The molecule has 1 aromatic heterocycles. The molecule has 1 heterocycles. The summed E-state index contributed by atoms with van der Waals surface area (Å²) < 4.78 is 2.25. The minimum Gasteiger partial charge on any atom is -0.295 e. The van der Waals surface area contributed by atoms with E-state index in [1.807, 2.05) is 33.8 Å². The lowest BCUT2D eigenvalue weighted by Gasteiger charge is -2.22. The van der Waals surface area contributed by atoms with Crippen molar-refractivity contribution >= 4 is 17.9 Å². The second-order valence-corrected chi connectivity index (χ2v) is 5.97. The van der Waals surface area contributed by atoms with E-state index < -0.39 is 4.92 Å². The average Bonchev–Trinajstić information content (AvgIpc) is 2.70. The number of hydrogen-bond donors (Lipinski definition) is 1. The van der Waals surface area contributed by atoms with Crippen molar-refractivity contribution in [2.24, 2.45) is 0 Å². The van der Waals surface area contributed by atoms with Gasteiger partial charge in [-0.1, -0.05) is 12.1 Å². The van der Waals surface area contributed by atoms with Gasteiger partial charge in [-0.15, -0.1) is 0 Å². The summed E-state index contributed by atoms with van der Waals surface area (Å²) in [5.41, 5.74) is 0.998. The molecule has 0 aliphatic carbocycles. The first-order chi connectivity index (χ1) is 9.23. The van der Waals surface area contributed by atoms with Crippen LogP contribution in [0.3, 0.4) is 0 Å². The highest BCUT2D eigenvalue weighted by Gasteiger charge is 2.26. The predicted octanol–water partition coefficient (Wildman–Crippen LogP) is 3.58. The van der Waals surface area contributed by atoms with Crippen LogP contribution < -0.4 is 0 Å². The Hall–Kier alpha value is -2.02. The third-order valence-electron chi connectivity index (χ3n) is 3.01. The van der Waals surface area contributed by atoms with Crippen molar-refractivity contribution in [3.8, 4) is 11.4 Å². The molecule has 6 nitrogen and oxygen atoms in total. The van der Waals surface area contributed by atoms with Crippen molar-refractivity contribution in [1.29, 1.82) is 0 Å². The van der Waals surface area contributed by atoms with Crippen LogP contribution in [0.15, 0.2) is 18.2 Å². The molecule has 0 amide bonds. The summed E-state index contributed by atoms with van der Waals surface area (Å²) in [5, 5.41) is 18.2. The zero-order valence-corrected chi connectivity index (χ0v) is 12.6. The van der Waals surface area contributed by atoms with Gasteiger partial charge in [0.15, 0.2) is 10.6 Å². The Morgan fingerprint density at radius 1 is 1.40 bits per heavy atom. The molecule has 0 aliphatic heterocycles. The molecule has 0 saturated carbocycles. The van der Waals surface area contributed by atoms with E-state index in [1.165, 1.54) is 6.07 Å². The molecule has 0 aliphatic rings. The van der Waals surface area contributed by atoms with E-state index in [0.717, 1.165) is 5.56 Å². The molecule has 0 spiro atoms. The molecule has 0 fully saturated rings. The lowest BCUT2D eigenvalue weighted by atomic mass is 10.0. The van der Waals surface area contributed by atoms with E-state index in [4.69, 9.17) is 12.2 Å². The van der Waals surface area contributed by atoms with Gasteiger partial charge in [0.05, 0.1) is 10.5 Å². The first-order valence-corrected chi connectivity index (χ1v) is 6.56. The summed E-state index contributed by atoms with van der Waals surface area (Å²) in [7, 11) is 0. The zero-order valence-electron chi connectivity index (χ0n) is 11.8. The first kappa shape index (κ1) is 14.4. The number of aryl methyl sites for hydroxylation is 1. The first-order valence-electron chi connectivity index (χ1n) is 6.15. The Morgan fingerprint density at radius 2 is 2.05 bits per heavy atom. The van der Waals surface area contributed by atoms with Gasteiger partial charge in [0.25, 0.3) is 5.69 Å². The second kappa shape index (κ2) is 4.82. The summed E-state index contributed by atoms with van der Waals surface area (Å²) in [6.07, 6.45) is 0. The Kier molecular flexibility index (Phi) is 3.47. The summed E-state index contributed by atoms with van der Waals surface area (Å²) in [6, 6.07) is 4.97. The summed E-state index contributed by atoms with van der Waals surface area (Å²) in [6.45, 7) is 7.76. The highest BCUT2D eigenvalue weighted by atomic mass is 32.1. The number of nitrogens with one attached hydrogen (secondary N) is 1. The van der Waals surface area contributed by atoms with Crippen LogP contribution in [0.5, 0.6) is 0 Å². The largest absolute Gasteiger partial charge is 0.295 e. The number of aromatic amines is 1. The van der Waals surface area contributed by atoms with Gasteiger partial charge >= 0.3 is 0 Å². The smallest absolute Gasteiger partial charge is 0.280 e. The number of aromatic nitrogens is 3. The lowest BCUT2D eigenvalue weighted by Crippen LogP contribution is -2.23. The van der Waals surface area contributed by atoms with E-state index in [0.29, 0.717) is 16.2 Å². The van der Waals surface area contributed by atoms with Gasteiger partial charge in [-0.25, -0.2) is 0 Å². The molecule has 1 N–H and O–H groups in total. The summed E-state index contributed by atoms with van der Waals surface area (Å²) >= 11 is 5.25. The molecule has 0 saturated heterocycles. The maximum atomic E-state index is 11.2. The number of nitro benzene ring substituents is 1. The minimum atomic E-state index is -0.396. The van der Waals surface area contributed by atoms with Gasteiger partial charge in [0, 0.05) is 11.6 Å². The molecule has 2 aromatic rings. The average molecular weight is 292 g/mol. The topological polar surface area (TPSA) is 76.8 Å². The van der Waals surface area contributed by atoms with Crippen molar-refractivity contribution in [1.82, 2.24) is 14.8 Å². The van der Waals surface area contributed by atoms with Crippen molar-refractivity contribution in [3.63, 3.8) is 0 Å². The fraction of sp³-hybridized carbons (Fsp3) is 0.385. The number of H-pyrrole nitrogens is 1. The Balaban J connectivity index is 2.84. The molecule has 0 bridgehead atoms. The Labute approximate surface area is 121 Å². The van der Waals surface area contributed by atoms with Gasteiger partial charge in [0.2, 0.25) is 0 Å². The third kappa shape index (κ3) is 2.36. The van der Waals surface area contributed by atoms with Crippen molar-refractivity contribution in [2.75, 3.05) is 0 Å².